The predicted molar refractivity (Wildman–Crippen MR) is 111 cm³/mol. The van der Waals surface area contributed by atoms with Crippen molar-refractivity contribution < 1.29 is 14.3 Å². The maximum absolute atomic E-state index is 12.0. The zero-order chi connectivity index (χ0) is 19.8. The number of rotatable bonds is 5. The minimum atomic E-state index is -1.99. The molecule has 0 saturated carbocycles. The highest BCUT2D eigenvalue weighted by atomic mass is 28.4. The van der Waals surface area contributed by atoms with E-state index in [9.17, 15) is 9.90 Å². The van der Waals surface area contributed by atoms with Crippen LogP contribution in [-0.2, 0) is 20.7 Å². The summed E-state index contributed by atoms with van der Waals surface area (Å²) in [6.07, 6.45) is 4.05. The molecule has 0 saturated heterocycles. The molecule has 1 radical (unpaired) electrons. The van der Waals surface area contributed by atoms with Gasteiger partial charge < -0.3 is 4.43 Å². The summed E-state index contributed by atoms with van der Waals surface area (Å²) in [4.78, 5) is 12.0. The molecule has 0 aromatic heterocycles. The average molecular weight is 380 g/mol. The molecule has 0 aliphatic heterocycles. The van der Waals surface area contributed by atoms with Crippen molar-refractivity contribution in [2.75, 3.05) is 0 Å². The summed E-state index contributed by atoms with van der Waals surface area (Å²) in [5, 5.41) is 12.0. The topological polar surface area (TPSA) is 46.2 Å². The molecule has 3 rings (SSSR count). The van der Waals surface area contributed by atoms with Crippen LogP contribution in [0.25, 0.3) is 11.1 Å². The molecule has 2 aromatic carbocycles. The second kappa shape index (κ2) is 7.00. The molecule has 3 nitrogen and oxygen atoms in total. The van der Waals surface area contributed by atoms with Gasteiger partial charge in [0.15, 0.2) is 0 Å². The molecule has 0 N–H and O–H groups in total. The maximum Gasteiger partial charge on any atom is 0.366 e. The van der Waals surface area contributed by atoms with Crippen LogP contribution in [0.5, 0.6) is 0 Å². The van der Waals surface area contributed by atoms with Gasteiger partial charge in [-0.15, -0.1) is 0 Å². The van der Waals surface area contributed by atoms with Crippen molar-refractivity contribution in [1.82, 2.24) is 0 Å². The van der Waals surface area contributed by atoms with E-state index in [1.165, 1.54) is 11.1 Å². The van der Waals surface area contributed by atoms with Crippen molar-refractivity contribution >= 4 is 14.3 Å². The lowest BCUT2D eigenvalue weighted by Crippen LogP contribution is -2.39. The van der Waals surface area contributed by atoms with Crippen LogP contribution in [0.1, 0.15) is 43.4 Å². The SMILES string of the molecule is CC(C)(C)[Si](C)(C)O/C=C\C(C([O])=O)c1cccc2c1-c1ccccc1C2. The lowest BCUT2D eigenvalue weighted by Gasteiger charge is -2.35. The third-order valence-corrected chi connectivity index (χ3v) is 10.2. The molecule has 1 aliphatic carbocycles. The van der Waals surface area contributed by atoms with Crippen molar-refractivity contribution in [3.8, 4) is 11.1 Å². The normalized spacial score (nSPS) is 14.7. The molecule has 4 heteroatoms. The van der Waals surface area contributed by atoms with Crippen LogP contribution in [0.4, 0.5) is 0 Å². The molecule has 0 amide bonds. The van der Waals surface area contributed by atoms with Crippen molar-refractivity contribution in [1.29, 1.82) is 0 Å². The summed E-state index contributed by atoms with van der Waals surface area (Å²) in [5.74, 6) is -1.95. The van der Waals surface area contributed by atoms with E-state index in [4.69, 9.17) is 4.43 Å². The van der Waals surface area contributed by atoms with E-state index >= 15 is 0 Å². The first kappa shape index (κ1) is 19.4. The fourth-order valence-corrected chi connectivity index (χ4v) is 4.02. The van der Waals surface area contributed by atoms with Gasteiger partial charge in [-0.3, -0.25) is 0 Å². The Morgan fingerprint density at radius 3 is 2.41 bits per heavy atom. The van der Waals surface area contributed by atoms with Crippen LogP contribution >= 0.6 is 0 Å². The van der Waals surface area contributed by atoms with Crippen molar-refractivity contribution in [3.05, 3.63) is 71.5 Å². The number of fused-ring (bicyclic) bond motifs is 3. The monoisotopic (exact) mass is 379 g/mol. The number of benzene rings is 2. The smallest absolute Gasteiger partial charge is 0.366 e. The second-order valence-electron chi connectivity index (χ2n) is 8.72. The zero-order valence-corrected chi connectivity index (χ0v) is 17.7. The summed E-state index contributed by atoms with van der Waals surface area (Å²) in [5.41, 5.74) is 5.32. The Bertz CT molecular complexity index is 891. The highest BCUT2D eigenvalue weighted by Gasteiger charge is 2.38. The van der Waals surface area contributed by atoms with Crippen molar-refractivity contribution in [3.63, 3.8) is 0 Å². The lowest BCUT2D eigenvalue weighted by molar-refractivity contribution is -0.143. The van der Waals surface area contributed by atoms with Gasteiger partial charge in [-0.05, 0) is 58.4 Å². The van der Waals surface area contributed by atoms with Gasteiger partial charge in [0.1, 0.15) is 5.92 Å². The molecule has 141 valence electrons. The first-order chi connectivity index (χ1) is 12.6. The van der Waals surface area contributed by atoms with Crippen LogP contribution in [0.3, 0.4) is 0 Å². The molecule has 0 fully saturated rings. The fraction of sp³-hybridized carbons (Fsp3) is 0.348. The zero-order valence-electron chi connectivity index (χ0n) is 16.7. The molecule has 1 atom stereocenters. The highest BCUT2D eigenvalue weighted by molar-refractivity contribution is 6.74. The standard InChI is InChI=1S/C23H27O3Si/c1-23(2,3)27(4,5)26-14-13-20(22(24)25)19-12-8-10-17-15-16-9-6-7-11-18(16)21(17)19/h6-14,20H,15H2,1-5H3/b14-13-. The third-order valence-electron chi connectivity index (χ3n) is 5.88. The van der Waals surface area contributed by atoms with E-state index in [0.717, 1.165) is 23.1 Å². The van der Waals surface area contributed by atoms with Crippen LogP contribution in [0.2, 0.25) is 18.1 Å². The quantitative estimate of drug-likeness (QED) is 0.413. The summed E-state index contributed by atoms with van der Waals surface area (Å²) in [6, 6.07) is 14.1. The average Bonchev–Trinajstić information content (AvgIpc) is 2.96. The third kappa shape index (κ3) is 3.72. The molecule has 27 heavy (non-hydrogen) atoms. The maximum atomic E-state index is 12.0. The van der Waals surface area contributed by atoms with E-state index < -0.39 is 20.2 Å². The molecule has 1 aliphatic rings. The summed E-state index contributed by atoms with van der Waals surface area (Å²) < 4.78 is 6.05. The highest BCUT2D eigenvalue weighted by Crippen LogP contribution is 2.42. The summed E-state index contributed by atoms with van der Waals surface area (Å²) in [6.45, 7) is 10.8. The fourth-order valence-electron chi connectivity index (χ4n) is 3.25. The Morgan fingerprint density at radius 2 is 1.74 bits per heavy atom. The molecule has 0 spiro atoms. The Labute approximate surface area is 162 Å². The molecule has 0 bridgehead atoms. The van der Waals surface area contributed by atoms with E-state index in [1.807, 2.05) is 24.3 Å². The second-order valence-corrected chi connectivity index (χ2v) is 13.5. The Hall–Kier alpha value is -2.33. The van der Waals surface area contributed by atoms with Gasteiger partial charge in [-0.1, -0.05) is 63.2 Å². The molecule has 1 unspecified atom stereocenters. The van der Waals surface area contributed by atoms with E-state index in [2.05, 4.69) is 52.1 Å². The van der Waals surface area contributed by atoms with Gasteiger partial charge in [0.25, 0.3) is 0 Å². The Balaban J connectivity index is 1.96. The van der Waals surface area contributed by atoms with Crippen LogP contribution in [0.15, 0.2) is 54.8 Å². The van der Waals surface area contributed by atoms with Gasteiger partial charge >= 0.3 is 5.97 Å². The van der Waals surface area contributed by atoms with Gasteiger partial charge in [-0.2, -0.15) is 0 Å². The van der Waals surface area contributed by atoms with Crippen LogP contribution in [-0.4, -0.2) is 14.3 Å². The first-order valence-corrected chi connectivity index (χ1v) is 12.3. The van der Waals surface area contributed by atoms with Crippen molar-refractivity contribution in [2.45, 2.75) is 51.2 Å². The molecular formula is C23H27O3Si. The van der Waals surface area contributed by atoms with Gasteiger partial charge in [0.05, 0.1) is 6.26 Å². The van der Waals surface area contributed by atoms with Crippen molar-refractivity contribution in [2.24, 2.45) is 0 Å². The molecule has 2 aromatic rings. The first-order valence-electron chi connectivity index (χ1n) is 9.37. The number of carbonyl (C=O) groups excluding carboxylic acids is 1. The number of hydrogen-bond donors (Lipinski definition) is 0. The Kier molecular flexibility index (Phi) is 5.04. The lowest BCUT2D eigenvalue weighted by atomic mass is 9.90. The van der Waals surface area contributed by atoms with Gasteiger partial charge in [0.2, 0.25) is 8.32 Å². The largest absolute Gasteiger partial charge is 0.549 e. The molecule has 0 heterocycles. The van der Waals surface area contributed by atoms with E-state index in [0.29, 0.717) is 0 Å². The summed E-state index contributed by atoms with van der Waals surface area (Å²) in [7, 11) is -1.99. The van der Waals surface area contributed by atoms with E-state index in [-0.39, 0.29) is 5.04 Å². The number of carbonyl (C=O) groups is 1. The van der Waals surface area contributed by atoms with Crippen LogP contribution in [0, 0.1) is 0 Å². The molecular weight excluding hydrogens is 352 g/mol. The minimum absolute atomic E-state index is 0.0568. The van der Waals surface area contributed by atoms with Gasteiger partial charge in [0, 0.05) is 0 Å². The van der Waals surface area contributed by atoms with E-state index in [1.54, 1.807) is 12.3 Å². The number of hydrogen-bond acceptors (Lipinski definition) is 2. The van der Waals surface area contributed by atoms with Gasteiger partial charge in [-0.25, -0.2) is 9.90 Å². The minimum Gasteiger partial charge on any atom is -0.549 e. The predicted octanol–water partition coefficient (Wildman–Crippen LogP) is 5.83. The Morgan fingerprint density at radius 1 is 1.07 bits per heavy atom. The summed E-state index contributed by atoms with van der Waals surface area (Å²) >= 11 is 0. The van der Waals surface area contributed by atoms with Crippen LogP contribution < -0.4 is 0 Å².